The Balaban J connectivity index is 1.85. The Morgan fingerprint density at radius 1 is 1.05 bits per heavy atom. The second-order valence-electron chi connectivity index (χ2n) is 5.58. The lowest BCUT2D eigenvalue weighted by molar-refractivity contribution is 0.0822. The Morgan fingerprint density at radius 2 is 1.71 bits per heavy atom. The number of ketones is 2. The average Bonchev–Trinajstić information content (AvgIpc) is 2.84. The van der Waals surface area contributed by atoms with Crippen LogP contribution in [-0.4, -0.2) is 25.7 Å². The number of fused-ring (bicyclic) bond motifs is 1. The molecule has 3 rings (SSSR count). The van der Waals surface area contributed by atoms with Crippen molar-refractivity contribution in [1.82, 2.24) is 0 Å². The highest BCUT2D eigenvalue weighted by Gasteiger charge is 2.35. The molecule has 0 saturated heterocycles. The second-order valence-corrected chi connectivity index (χ2v) is 5.58. The van der Waals surface area contributed by atoms with Crippen LogP contribution in [0.25, 0.3) is 0 Å². The standard InChI is InChI=1S/C18H17NO2/c1-19(2)14-9-7-12(8-10-14)17(20)16-11-13-5-3-4-6-15(13)18(16)21/h3-10,16H,11H2,1-2H3. The number of hydrogen-bond acceptors (Lipinski definition) is 3. The van der Waals surface area contributed by atoms with Crippen LogP contribution in [0.3, 0.4) is 0 Å². The van der Waals surface area contributed by atoms with Gasteiger partial charge in [0.25, 0.3) is 0 Å². The topological polar surface area (TPSA) is 37.4 Å². The third-order valence-electron chi connectivity index (χ3n) is 4.01. The maximum Gasteiger partial charge on any atom is 0.174 e. The van der Waals surface area contributed by atoms with Crippen molar-refractivity contribution in [1.29, 1.82) is 0 Å². The molecule has 0 bridgehead atoms. The average molecular weight is 279 g/mol. The lowest BCUT2D eigenvalue weighted by Crippen LogP contribution is -2.21. The molecule has 21 heavy (non-hydrogen) atoms. The van der Waals surface area contributed by atoms with Crippen molar-refractivity contribution in [2.24, 2.45) is 5.92 Å². The molecule has 0 amide bonds. The first-order chi connectivity index (χ1) is 10.1. The summed E-state index contributed by atoms with van der Waals surface area (Å²) < 4.78 is 0. The summed E-state index contributed by atoms with van der Waals surface area (Å²) in [6.07, 6.45) is 0.517. The van der Waals surface area contributed by atoms with E-state index in [1.54, 1.807) is 18.2 Å². The molecule has 3 nitrogen and oxygen atoms in total. The molecule has 0 aromatic heterocycles. The number of Topliss-reactive ketones (excluding diaryl/α,β-unsaturated/α-hetero) is 2. The van der Waals surface area contributed by atoms with Crippen LogP contribution in [-0.2, 0) is 6.42 Å². The van der Waals surface area contributed by atoms with Crippen molar-refractivity contribution in [2.45, 2.75) is 6.42 Å². The lowest BCUT2D eigenvalue weighted by Gasteiger charge is -2.13. The molecule has 0 aliphatic heterocycles. The Morgan fingerprint density at radius 3 is 2.33 bits per heavy atom. The summed E-state index contributed by atoms with van der Waals surface area (Å²) in [5, 5.41) is 0. The minimum atomic E-state index is -0.562. The third kappa shape index (κ3) is 2.35. The quantitative estimate of drug-likeness (QED) is 0.640. The van der Waals surface area contributed by atoms with Crippen LogP contribution in [0.15, 0.2) is 48.5 Å². The van der Waals surface area contributed by atoms with Crippen molar-refractivity contribution >= 4 is 17.3 Å². The van der Waals surface area contributed by atoms with E-state index in [0.29, 0.717) is 17.5 Å². The normalized spacial score (nSPS) is 16.7. The Hall–Kier alpha value is -2.42. The molecule has 3 heteroatoms. The van der Waals surface area contributed by atoms with Crippen LogP contribution in [0.5, 0.6) is 0 Å². The molecular formula is C18H17NO2. The third-order valence-corrected chi connectivity index (χ3v) is 4.01. The second kappa shape index (κ2) is 5.17. The summed E-state index contributed by atoms with van der Waals surface area (Å²) in [6.45, 7) is 0. The fourth-order valence-electron chi connectivity index (χ4n) is 2.78. The van der Waals surface area contributed by atoms with Crippen molar-refractivity contribution < 1.29 is 9.59 Å². The van der Waals surface area contributed by atoms with Crippen molar-refractivity contribution in [3.8, 4) is 0 Å². The maximum absolute atomic E-state index is 12.6. The van der Waals surface area contributed by atoms with E-state index >= 15 is 0 Å². The molecule has 1 unspecified atom stereocenters. The van der Waals surface area contributed by atoms with Crippen LogP contribution in [0.2, 0.25) is 0 Å². The molecule has 0 saturated carbocycles. The van der Waals surface area contributed by atoms with Gasteiger partial charge in [-0.15, -0.1) is 0 Å². The molecule has 0 fully saturated rings. The van der Waals surface area contributed by atoms with Gasteiger partial charge in [0.2, 0.25) is 0 Å². The van der Waals surface area contributed by atoms with Crippen molar-refractivity contribution in [3.63, 3.8) is 0 Å². The van der Waals surface area contributed by atoms with Gasteiger partial charge >= 0.3 is 0 Å². The minimum absolute atomic E-state index is 0.0488. The largest absolute Gasteiger partial charge is 0.378 e. The SMILES string of the molecule is CN(C)c1ccc(C(=O)C2Cc3ccccc3C2=O)cc1. The fraction of sp³-hybridized carbons (Fsp3) is 0.222. The number of carbonyl (C=O) groups is 2. The highest BCUT2D eigenvalue weighted by Crippen LogP contribution is 2.29. The van der Waals surface area contributed by atoms with Gasteiger partial charge in [-0.2, -0.15) is 0 Å². The first kappa shape index (κ1) is 13.6. The zero-order chi connectivity index (χ0) is 15.0. The van der Waals surface area contributed by atoms with Gasteiger partial charge < -0.3 is 4.90 Å². The van der Waals surface area contributed by atoms with Gasteiger partial charge in [-0.1, -0.05) is 24.3 Å². The summed E-state index contributed by atoms with van der Waals surface area (Å²) in [5.74, 6) is -0.693. The van der Waals surface area contributed by atoms with Gasteiger partial charge in [0.05, 0.1) is 5.92 Å². The lowest BCUT2D eigenvalue weighted by atomic mass is 9.94. The van der Waals surface area contributed by atoms with Gasteiger partial charge in [0.1, 0.15) is 0 Å². The molecule has 0 heterocycles. The summed E-state index contributed by atoms with van der Waals surface area (Å²) in [5.41, 5.74) is 3.31. The first-order valence-electron chi connectivity index (χ1n) is 7.01. The number of carbonyl (C=O) groups excluding carboxylic acids is 2. The highest BCUT2D eigenvalue weighted by molar-refractivity contribution is 6.18. The number of anilines is 1. The van der Waals surface area contributed by atoms with Gasteiger partial charge in [-0.05, 0) is 36.2 Å². The molecule has 0 radical (unpaired) electrons. The van der Waals surface area contributed by atoms with E-state index in [4.69, 9.17) is 0 Å². The molecule has 0 spiro atoms. The van der Waals surface area contributed by atoms with E-state index in [0.717, 1.165) is 11.3 Å². The summed E-state index contributed by atoms with van der Waals surface area (Å²) >= 11 is 0. The van der Waals surface area contributed by atoms with E-state index in [1.807, 2.05) is 49.3 Å². The van der Waals surface area contributed by atoms with Crippen LogP contribution in [0, 0.1) is 5.92 Å². The monoisotopic (exact) mass is 279 g/mol. The smallest absolute Gasteiger partial charge is 0.174 e. The van der Waals surface area contributed by atoms with E-state index in [-0.39, 0.29) is 11.6 Å². The Labute approximate surface area is 124 Å². The van der Waals surface area contributed by atoms with Crippen LogP contribution in [0.1, 0.15) is 26.3 Å². The number of benzene rings is 2. The number of nitrogens with zero attached hydrogens (tertiary/aromatic N) is 1. The van der Waals surface area contributed by atoms with E-state index in [1.165, 1.54) is 0 Å². The van der Waals surface area contributed by atoms with Gasteiger partial charge in [0, 0.05) is 30.9 Å². The van der Waals surface area contributed by atoms with Crippen LogP contribution >= 0.6 is 0 Å². The summed E-state index contributed by atoms with van der Waals surface area (Å²) in [7, 11) is 3.90. The van der Waals surface area contributed by atoms with Crippen LogP contribution in [0.4, 0.5) is 5.69 Å². The summed E-state index contributed by atoms with van der Waals surface area (Å²) in [4.78, 5) is 26.9. The number of rotatable bonds is 3. The summed E-state index contributed by atoms with van der Waals surface area (Å²) in [6, 6.07) is 14.9. The highest BCUT2D eigenvalue weighted by atomic mass is 16.2. The maximum atomic E-state index is 12.6. The van der Waals surface area contributed by atoms with Crippen molar-refractivity contribution in [2.75, 3.05) is 19.0 Å². The predicted molar refractivity (Wildman–Crippen MR) is 83.1 cm³/mol. The van der Waals surface area contributed by atoms with E-state index < -0.39 is 5.92 Å². The molecule has 1 aliphatic carbocycles. The molecule has 2 aromatic carbocycles. The first-order valence-corrected chi connectivity index (χ1v) is 7.01. The van der Waals surface area contributed by atoms with E-state index in [9.17, 15) is 9.59 Å². The van der Waals surface area contributed by atoms with E-state index in [2.05, 4.69) is 0 Å². The molecule has 106 valence electrons. The predicted octanol–water partition coefficient (Wildman–Crippen LogP) is 2.99. The Kier molecular flexibility index (Phi) is 3.34. The molecule has 0 N–H and O–H groups in total. The molecular weight excluding hydrogens is 262 g/mol. The fourth-order valence-corrected chi connectivity index (χ4v) is 2.78. The van der Waals surface area contributed by atoms with Gasteiger partial charge in [-0.25, -0.2) is 0 Å². The molecule has 1 atom stereocenters. The number of hydrogen-bond donors (Lipinski definition) is 0. The van der Waals surface area contributed by atoms with Gasteiger partial charge in [-0.3, -0.25) is 9.59 Å². The zero-order valence-corrected chi connectivity index (χ0v) is 12.2. The minimum Gasteiger partial charge on any atom is -0.378 e. The van der Waals surface area contributed by atoms with Gasteiger partial charge in [0.15, 0.2) is 11.6 Å². The molecule has 2 aromatic rings. The van der Waals surface area contributed by atoms with Crippen molar-refractivity contribution in [3.05, 3.63) is 65.2 Å². The van der Waals surface area contributed by atoms with Crippen LogP contribution < -0.4 is 4.90 Å². The molecule has 1 aliphatic rings. The zero-order valence-electron chi connectivity index (χ0n) is 12.2. The Bertz CT molecular complexity index is 701.